The summed E-state index contributed by atoms with van der Waals surface area (Å²) in [5.41, 5.74) is 1.10. The van der Waals surface area contributed by atoms with Crippen LogP contribution in [0.25, 0.3) is 0 Å². The first kappa shape index (κ1) is 22.2. The van der Waals surface area contributed by atoms with Crippen LogP contribution in [0.4, 0.5) is 5.69 Å². The van der Waals surface area contributed by atoms with Gasteiger partial charge in [0.25, 0.3) is 5.91 Å². The molecule has 0 aliphatic carbocycles. The molecule has 6 nitrogen and oxygen atoms in total. The van der Waals surface area contributed by atoms with Crippen LogP contribution in [0.1, 0.15) is 38.1 Å². The highest BCUT2D eigenvalue weighted by Gasteiger charge is 2.14. The first-order chi connectivity index (χ1) is 13.3. The van der Waals surface area contributed by atoms with Crippen LogP contribution in [-0.4, -0.2) is 48.1 Å². The van der Waals surface area contributed by atoms with E-state index in [1.807, 2.05) is 0 Å². The van der Waals surface area contributed by atoms with Gasteiger partial charge < -0.3 is 14.8 Å². The van der Waals surface area contributed by atoms with Gasteiger partial charge in [0.15, 0.2) is 11.5 Å². The van der Waals surface area contributed by atoms with Crippen molar-refractivity contribution in [3.05, 3.63) is 46.7 Å². The van der Waals surface area contributed by atoms with Crippen molar-refractivity contribution in [3.63, 3.8) is 0 Å². The van der Waals surface area contributed by atoms with E-state index >= 15 is 0 Å². The van der Waals surface area contributed by atoms with Gasteiger partial charge >= 0.3 is 0 Å². The number of ether oxygens (including phenoxy) is 2. The van der Waals surface area contributed by atoms with Gasteiger partial charge in [-0.2, -0.15) is 0 Å². The lowest BCUT2D eigenvalue weighted by molar-refractivity contribution is 0.102. The predicted molar refractivity (Wildman–Crippen MR) is 115 cm³/mol. The topological polar surface area (TPSA) is 63.7 Å². The second kappa shape index (κ2) is 10.4. The third-order valence-corrected chi connectivity index (χ3v) is 4.76. The first-order valence-electron chi connectivity index (χ1n) is 9.30. The fourth-order valence-corrected chi connectivity index (χ4v) is 3.35. The number of hydrogen-bond donors (Lipinski definition) is 1. The van der Waals surface area contributed by atoms with Crippen LogP contribution < -0.4 is 14.8 Å². The molecule has 1 N–H and O–H groups in total. The largest absolute Gasteiger partial charge is 0.493 e. The highest BCUT2D eigenvalue weighted by Crippen LogP contribution is 2.30. The summed E-state index contributed by atoms with van der Waals surface area (Å²) in [5, 5.41) is 2.87. The number of nitrogens with zero attached hydrogens (tertiary/aromatic N) is 2. The maximum absolute atomic E-state index is 12.4. The molecule has 1 aromatic carbocycles. The molecule has 1 heterocycles. The van der Waals surface area contributed by atoms with Gasteiger partial charge in [0, 0.05) is 47.2 Å². The molecule has 0 aliphatic heterocycles. The van der Waals surface area contributed by atoms with Crippen LogP contribution in [0.2, 0.25) is 0 Å². The Bertz CT molecular complexity index is 788. The maximum Gasteiger partial charge on any atom is 0.257 e. The van der Waals surface area contributed by atoms with Gasteiger partial charge in [-0.3, -0.25) is 14.7 Å². The van der Waals surface area contributed by atoms with Crippen molar-refractivity contribution in [1.29, 1.82) is 0 Å². The van der Waals surface area contributed by atoms with Gasteiger partial charge in [-0.15, -0.1) is 0 Å². The number of pyridine rings is 1. The van der Waals surface area contributed by atoms with Gasteiger partial charge in [0.05, 0.1) is 12.7 Å². The summed E-state index contributed by atoms with van der Waals surface area (Å²) in [6, 6.07) is 7.94. The van der Waals surface area contributed by atoms with Crippen molar-refractivity contribution in [2.75, 3.05) is 25.6 Å². The summed E-state index contributed by atoms with van der Waals surface area (Å²) in [7, 11) is 1.60. The Hall–Kier alpha value is -2.12. The highest BCUT2D eigenvalue weighted by atomic mass is 79.9. The number of halogens is 1. The molecule has 0 bridgehead atoms. The zero-order valence-electron chi connectivity index (χ0n) is 17.0. The molecular formula is C21H28BrN3O3. The number of aromatic nitrogens is 1. The molecule has 2 rings (SSSR count). The van der Waals surface area contributed by atoms with E-state index in [9.17, 15) is 4.79 Å². The number of anilines is 1. The molecule has 0 fully saturated rings. The van der Waals surface area contributed by atoms with Crippen molar-refractivity contribution in [1.82, 2.24) is 9.88 Å². The van der Waals surface area contributed by atoms with Gasteiger partial charge in [-0.25, -0.2) is 0 Å². The number of rotatable bonds is 9. The second-order valence-electron chi connectivity index (χ2n) is 6.99. The summed E-state index contributed by atoms with van der Waals surface area (Å²) in [5.74, 6) is 0.985. The molecule has 152 valence electrons. The van der Waals surface area contributed by atoms with Crippen LogP contribution in [0.15, 0.2) is 41.1 Å². The van der Waals surface area contributed by atoms with E-state index in [1.54, 1.807) is 37.6 Å². The quantitative estimate of drug-likeness (QED) is 0.605. The normalized spacial score (nSPS) is 11.2. The third kappa shape index (κ3) is 6.21. The Labute approximate surface area is 175 Å². The zero-order valence-corrected chi connectivity index (χ0v) is 18.6. The van der Waals surface area contributed by atoms with Crippen molar-refractivity contribution in [2.24, 2.45) is 0 Å². The molecule has 2 aromatic rings. The lowest BCUT2D eigenvalue weighted by Gasteiger charge is -2.30. The van der Waals surface area contributed by atoms with E-state index in [2.05, 4.69) is 58.8 Å². The lowest BCUT2D eigenvalue weighted by Crippen LogP contribution is -2.39. The molecule has 0 saturated carbocycles. The summed E-state index contributed by atoms with van der Waals surface area (Å²) in [4.78, 5) is 18.8. The highest BCUT2D eigenvalue weighted by molar-refractivity contribution is 9.10. The minimum absolute atomic E-state index is 0.240. The molecular weight excluding hydrogens is 422 g/mol. The van der Waals surface area contributed by atoms with E-state index in [-0.39, 0.29) is 5.91 Å². The number of nitrogens with one attached hydrogen (secondary N) is 1. The monoisotopic (exact) mass is 449 g/mol. The van der Waals surface area contributed by atoms with E-state index in [0.717, 1.165) is 11.0 Å². The second-order valence-corrected chi connectivity index (χ2v) is 7.90. The fraction of sp³-hybridized carbons (Fsp3) is 0.429. The Morgan fingerprint density at radius 3 is 2.46 bits per heavy atom. The van der Waals surface area contributed by atoms with Gasteiger partial charge in [-0.1, -0.05) is 0 Å². The Balaban J connectivity index is 2.07. The van der Waals surface area contributed by atoms with Crippen LogP contribution in [0.5, 0.6) is 11.5 Å². The number of methoxy groups -OCH3 is 1. The zero-order chi connectivity index (χ0) is 20.7. The van der Waals surface area contributed by atoms with Gasteiger partial charge in [0.2, 0.25) is 0 Å². The lowest BCUT2D eigenvalue weighted by atomic mass is 10.2. The number of carbonyl (C=O) groups excluding carboxylic acids is 1. The minimum atomic E-state index is -0.240. The smallest absolute Gasteiger partial charge is 0.257 e. The number of amides is 1. The van der Waals surface area contributed by atoms with Crippen LogP contribution in [-0.2, 0) is 0 Å². The summed E-state index contributed by atoms with van der Waals surface area (Å²) in [6.45, 7) is 10.0. The molecule has 0 saturated heterocycles. The van der Waals surface area contributed by atoms with Gasteiger partial charge in [0.1, 0.15) is 6.61 Å². The summed E-state index contributed by atoms with van der Waals surface area (Å²) >= 11 is 3.32. The fourth-order valence-electron chi connectivity index (χ4n) is 2.98. The standard InChI is InChI=1S/C21H28BrN3O3/c1-14(2)25(15(3)4)8-9-28-20-11-18(6-7-19(20)27-5)24-21(26)16-10-17(22)13-23-12-16/h6-7,10-15H,8-9H2,1-5H3,(H,24,26). The Morgan fingerprint density at radius 2 is 1.86 bits per heavy atom. The average molecular weight is 450 g/mol. The maximum atomic E-state index is 12.4. The van der Waals surface area contributed by atoms with Crippen molar-refractivity contribution in [2.45, 2.75) is 39.8 Å². The molecule has 0 aliphatic rings. The first-order valence-corrected chi connectivity index (χ1v) is 10.1. The minimum Gasteiger partial charge on any atom is -0.493 e. The SMILES string of the molecule is COc1ccc(NC(=O)c2cncc(Br)c2)cc1OCCN(C(C)C)C(C)C. The summed E-state index contributed by atoms with van der Waals surface area (Å²) < 4.78 is 12.1. The van der Waals surface area contributed by atoms with E-state index in [4.69, 9.17) is 9.47 Å². The molecule has 0 spiro atoms. The molecule has 0 atom stereocenters. The molecule has 1 amide bonds. The molecule has 28 heavy (non-hydrogen) atoms. The third-order valence-electron chi connectivity index (χ3n) is 4.32. The van der Waals surface area contributed by atoms with Crippen LogP contribution in [0.3, 0.4) is 0 Å². The Morgan fingerprint density at radius 1 is 1.14 bits per heavy atom. The van der Waals surface area contributed by atoms with Crippen LogP contribution in [0, 0.1) is 0 Å². The van der Waals surface area contributed by atoms with Gasteiger partial charge in [-0.05, 0) is 61.8 Å². The number of hydrogen-bond acceptors (Lipinski definition) is 5. The van der Waals surface area contributed by atoms with Crippen molar-refractivity contribution >= 4 is 27.5 Å². The number of carbonyl (C=O) groups is 1. The molecule has 7 heteroatoms. The van der Waals surface area contributed by atoms with E-state index in [0.29, 0.717) is 41.4 Å². The number of benzene rings is 1. The van der Waals surface area contributed by atoms with E-state index < -0.39 is 0 Å². The molecule has 1 aromatic heterocycles. The molecule has 0 unspecified atom stereocenters. The van der Waals surface area contributed by atoms with E-state index in [1.165, 1.54) is 6.20 Å². The average Bonchev–Trinajstić information content (AvgIpc) is 2.64. The Kier molecular flexibility index (Phi) is 8.26. The van der Waals surface area contributed by atoms with Crippen molar-refractivity contribution < 1.29 is 14.3 Å². The predicted octanol–water partition coefficient (Wildman–Crippen LogP) is 4.60. The summed E-state index contributed by atoms with van der Waals surface area (Å²) in [6.07, 6.45) is 3.15. The van der Waals surface area contributed by atoms with Crippen molar-refractivity contribution in [3.8, 4) is 11.5 Å². The van der Waals surface area contributed by atoms with Crippen LogP contribution >= 0.6 is 15.9 Å². The molecule has 0 radical (unpaired) electrons.